The molecule has 0 heterocycles. The molecule has 44 heavy (non-hydrogen) atoms. The van der Waals surface area contributed by atoms with E-state index in [0.29, 0.717) is 6.42 Å². The van der Waals surface area contributed by atoms with Crippen LogP contribution in [0.4, 0.5) is 13.2 Å². The van der Waals surface area contributed by atoms with Crippen LogP contribution in [-0.2, 0) is 10.3 Å². The molecule has 0 amide bonds. The third-order valence-electron chi connectivity index (χ3n) is 8.53. The average molecular weight is 611 g/mol. The number of rotatable bonds is 23. The van der Waals surface area contributed by atoms with Crippen molar-refractivity contribution in [1.29, 1.82) is 0 Å². The van der Waals surface area contributed by atoms with Crippen molar-refractivity contribution in [2.75, 3.05) is 6.61 Å². The van der Waals surface area contributed by atoms with Crippen LogP contribution >= 0.6 is 0 Å². The SMILES string of the molecule is O[C@@H](CCCCCCCCCCCCCCCCCC(F)(F)F)COC(c1ccccc1)(c1ccccc1)c1ccccc1. The second-order valence-electron chi connectivity index (χ2n) is 12.2. The Morgan fingerprint density at radius 1 is 0.477 bits per heavy atom. The highest BCUT2D eigenvalue weighted by molar-refractivity contribution is 5.47. The van der Waals surface area contributed by atoms with Crippen LogP contribution in [0.3, 0.4) is 0 Å². The number of hydrogen-bond donors (Lipinski definition) is 1. The first-order chi connectivity index (χ1) is 21.4. The molecule has 0 aromatic heterocycles. The molecule has 3 aromatic rings. The van der Waals surface area contributed by atoms with Crippen molar-refractivity contribution < 1.29 is 23.0 Å². The monoisotopic (exact) mass is 610 g/mol. The average Bonchev–Trinajstić information content (AvgIpc) is 3.04. The number of ether oxygens (including phenoxy) is 1. The Kier molecular flexibility index (Phi) is 16.6. The summed E-state index contributed by atoms with van der Waals surface area (Å²) in [6.45, 7) is 0.261. The van der Waals surface area contributed by atoms with Crippen molar-refractivity contribution in [1.82, 2.24) is 0 Å². The zero-order chi connectivity index (χ0) is 31.4. The molecule has 0 aliphatic heterocycles. The van der Waals surface area contributed by atoms with Crippen molar-refractivity contribution in [2.24, 2.45) is 0 Å². The van der Waals surface area contributed by atoms with Crippen LogP contribution in [0, 0.1) is 0 Å². The Bertz CT molecular complexity index is 1010. The Morgan fingerprint density at radius 3 is 1.14 bits per heavy atom. The van der Waals surface area contributed by atoms with Gasteiger partial charge >= 0.3 is 6.18 Å². The Morgan fingerprint density at radius 2 is 0.795 bits per heavy atom. The summed E-state index contributed by atoms with van der Waals surface area (Å²) in [5.74, 6) is 0. The van der Waals surface area contributed by atoms with Gasteiger partial charge in [0.2, 0.25) is 0 Å². The van der Waals surface area contributed by atoms with E-state index >= 15 is 0 Å². The van der Waals surface area contributed by atoms with Gasteiger partial charge in [-0.3, -0.25) is 0 Å². The van der Waals surface area contributed by atoms with Gasteiger partial charge in [-0.05, 0) is 29.5 Å². The van der Waals surface area contributed by atoms with Gasteiger partial charge in [0.15, 0.2) is 0 Å². The topological polar surface area (TPSA) is 29.5 Å². The van der Waals surface area contributed by atoms with Crippen molar-refractivity contribution in [3.8, 4) is 0 Å². The summed E-state index contributed by atoms with van der Waals surface area (Å²) in [4.78, 5) is 0. The lowest BCUT2D eigenvalue weighted by Crippen LogP contribution is -2.35. The van der Waals surface area contributed by atoms with E-state index in [0.717, 1.165) is 55.2 Å². The molecule has 0 saturated carbocycles. The van der Waals surface area contributed by atoms with Crippen molar-refractivity contribution >= 4 is 0 Å². The predicted octanol–water partition coefficient (Wildman–Crippen LogP) is 11.5. The molecule has 0 unspecified atom stereocenters. The van der Waals surface area contributed by atoms with Gasteiger partial charge in [-0.25, -0.2) is 0 Å². The fourth-order valence-corrected chi connectivity index (χ4v) is 6.08. The largest absolute Gasteiger partial charge is 0.391 e. The highest BCUT2D eigenvalue weighted by Gasteiger charge is 2.38. The van der Waals surface area contributed by atoms with E-state index in [1.807, 2.05) is 54.6 Å². The summed E-state index contributed by atoms with van der Waals surface area (Å²) in [7, 11) is 0. The number of hydrogen-bond acceptors (Lipinski definition) is 2. The Hall–Kier alpha value is -2.63. The second kappa shape index (κ2) is 20.4. The molecule has 0 spiro atoms. The molecule has 0 bridgehead atoms. The van der Waals surface area contributed by atoms with E-state index < -0.39 is 24.3 Å². The number of unbranched alkanes of at least 4 members (excludes halogenated alkanes) is 14. The molecular formula is C39H53F3O2. The lowest BCUT2D eigenvalue weighted by molar-refractivity contribution is -0.135. The maximum Gasteiger partial charge on any atom is 0.389 e. The van der Waals surface area contributed by atoms with E-state index in [4.69, 9.17) is 4.74 Å². The molecule has 5 heteroatoms. The molecule has 3 aromatic carbocycles. The van der Waals surface area contributed by atoms with Crippen LogP contribution in [0.2, 0.25) is 0 Å². The van der Waals surface area contributed by atoms with Crippen LogP contribution in [0.1, 0.15) is 126 Å². The summed E-state index contributed by atoms with van der Waals surface area (Å²) in [5, 5.41) is 10.9. The first kappa shape index (κ1) is 35.8. The van der Waals surface area contributed by atoms with E-state index in [1.54, 1.807) is 0 Å². The van der Waals surface area contributed by atoms with Gasteiger partial charge in [-0.2, -0.15) is 13.2 Å². The second-order valence-corrected chi connectivity index (χ2v) is 12.2. The van der Waals surface area contributed by atoms with Gasteiger partial charge in [0.1, 0.15) is 5.60 Å². The Balaban J connectivity index is 1.29. The highest BCUT2D eigenvalue weighted by atomic mass is 19.4. The quantitative estimate of drug-likeness (QED) is 0.0855. The van der Waals surface area contributed by atoms with Crippen LogP contribution in [0.15, 0.2) is 91.0 Å². The summed E-state index contributed by atoms with van der Waals surface area (Å²) in [6.07, 6.45) is 11.8. The van der Waals surface area contributed by atoms with Gasteiger partial charge in [0.25, 0.3) is 0 Å². The van der Waals surface area contributed by atoms with Gasteiger partial charge < -0.3 is 9.84 Å². The number of benzene rings is 3. The van der Waals surface area contributed by atoms with Gasteiger partial charge in [0.05, 0.1) is 12.7 Å². The summed E-state index contributed by atoms with van der Waals surface area (Å²) in [6, 6.07) is 30.9. The third kappa shape index (κ3) is 13.2. The van der Waals surface area contributed by atoms with Crippen LogP contribution in [0.25, 0.3) is 0 Å². The molecule has 1 atom stereocenters. The molecule has 1 N–H and O–H groups in total. The van der Waals surface area contributed by atoms with Crippen molar-refractivity contribution in [3.63, 3.8) is 0 Å². The minimum Gasteiger partial charge on any atom is -0.391 e. The minimum atomic E-state index is -4.00. The van der Waals surface area contributed by atoms with E-state index in [2.05, 4.69) is 36.4 Å². The molecular weight excluding hydrogens is 557 g/mol. The van der Waals surface area contributed by atoms with Crippen LogP contribution in [-0.4, -0.2) is 24.0 Å². The summed E-state index contributed by atoms with van der Waals surface area (Å²) < 4.78 is 43.2. The number of alkyl halides is 3. The van der Waals surface area contributed by atoms with E-state index in [9.17, 15) is 18.3 Å². The standard InChI is InChI=1S/C39H53F3O2/c40-38(41,42)32-24-13-11-9-7-5-3-1-2-4-6-8-10-12-23-31-37(43)33-44-39(34-25-17-14-18-26-34,35-27-19-15-20-28-35)36-29-21-16-22-30-36/h14-22,25-30,37,43H,1-13,23-24,31-33H2/t37-/m0/s1. The zero-order valence-corrected chi connectivity index (χ0v) is 26.5. The number of aliphatic hydroxyl groups is 1. The van der Waals surface area contributed by atoms with Crippen LogP contribution < -0.4 is 0 Å². The van der Waals surface area contributed by atoms with E-state index in [1.165, 1.54) is 51.4 Å². The maximum absolute atomic E-state index is 12.1. The first-order valence-corrected chi connectivity index (χ1v) is 17.0. The molecule has 0 saturated heterocycles. The normalized spacial score (nSPS) is 12.8. The van der Waals surface area contributed by atoms with Crippen molar-refractivity contribution in [2.45, 2.75) is 127 Å². The lowest BCUT2D eigenvalue weighted by atomic mass is 9.80. The minimum absolute atomic E-state index is 0.261. The fourth-order valence-electron chi connectivity index (χ4n) is 6.08. The van der Waals surface area contributed by atoms with E-state index in [-0.39, 0.29) is 13.0 Å². The summed E-state index contributed by atoms with van der Waals surface area (Å²) in [5.41, 5.74) is 2.33. The highest BCUT2D eigenvalue weighted by Crippen LogP contribution is 2.40. The van der Waals surface area contributed by atoms with Crippen molar-refractivity contribution in [3.05, 3.63) is 108 Å². The first-order valence-electron chi connectivity index (χ1n) is 17.0. The molecule has 0 aliphatic rings. The Labute approximate surface area is 264 Å². The molecule has 0 aliphatic carbocycles. The predicted molar refractivity (Wildman–Crippen MR) is 176 cm³/mol. The molecule has 242 valence electrons. The lowest BCUT2D eigenvalue weighted by Gasteiger charge is -2.36. The van der Waals surface area contributed by atoms with Crippen LogP contribution in [0.5, 0.6) is 0 Å². The third-order valence-corrected chi connectivity index (χ3v) is 8.53. The number of aliphatic hydroxyl groups excluding tert-OH is 1. The van der Waals surface area contributed by atoms with Gasteiger partial charge in [-0.15, -0.1) is 0 Å². The number of halogens is 3. The van der Waals surface area contributed by atoms with Gasteiger partial charge in [-0.1, -0.05) is 181 Å². The fraction of sp³-hybridized carbons (Fsp3) is 0.538. The van der Waals surface area contributed by atoms with Gasteiger partial charge in [0, 0.05) is 6.42 Å². The summed E-state index contributed by atoms with van der Waals surface area (Å²) >= 11 is 0. The maximum atomic E-state index is 12.1. The smallest absolute Gasteiger partial charge is 0.389 e. The molecule has 0 fully saturated rings. The molecule has 3 rings (SSSR count). The molecule has 0 radical (unpaired) electrons. The zero-order valence-electron chi connectivity index (χ0n) is 26.5. The molecule has 2 nitrogen and oxygen atoms in total.